The van der Waals surface area contributed by atoms with E-state index in [1.807, 2.05) is 20.8 Å². The van der Waals surface area contributed by atoms with Crippen LogP contribution in [-0.2, 0) is 18.9 Å². The van der Waals surface area contributed by atoms with Crippen molar-refractivity contribution in [1.29, 1.82) is 0 Å². The van der Waals surface area contributed by atoms with Crippen LogP contribution >= 0.6 is 0 Å². The van der Waals surface area contributed by atoms with Gasteiger partial charge in [-0.25, -0.2) is 19.3 Å². The van der Waals surface area contributed by atoms with E-state index in [2.05, 4.69) is 30.4 Å². The van der Waals surface area contributed by atoms with Crippen molar-refractivity contribution < 1.29 is 13.6 Å². The molecule has 3 heterocycles. The summed E-state index contributed by atoms with van der Waals surface area (Å²) < 4.78 is 22.3. The Balaban J connectivity index is 1.48. The van der Waals surface area contributed by atoms with Gasteiger partial charge in [0.2, 0.25) is 5.95 Å². The van der Waals surface area contributed by atoms with Gasteiger partial charge in [0.05, 0.1) is 5.56 Å². The molecule has 1 aromatic carbocycles. The van der Waals surface area contributed by atoms with Crippen LogP contribution in [0.1, 0.15) is 54.7 Å². The molecule has 9 nitrogen and oxygen atoms in total. The van der Waals surface area contributed by atoms with E-state index in [1.54, 1.807) is 43.0 Å². The number of halogens is 1. The van der Waals surface area contributed by atoms with Crippen molar-refractivity contribution in [2.45, 2.75) is 46.0 Å². The third-order valence-electron chi connectivity index (χ3n) is 5.32. The maximum atomic E-state index is 15.2. The molecule has 0 saturated carbocycles. The van der Waals surface area contributed by atoms with Gasteiger partial charge in [-0.1, -0.05) is 26.8 Å². The molecule has 0 aliphatic heterocycles. The molecule has 0 aliphatic rings. The summed E-state index contributed by atoms with van der Waals surface area (Å²) in [5.41, 5.74) is 1.44. The van der Waals surface area contributed by atoms with Crippen molar-refractivity contribution in [2.75, 3.05) is 5.32 Å². The average Bonchev–Trinajstić information content (AvgIpc) is 3.44. The van der Waals surface area contributed by atoms with E-state index in [0.717, 1.165) is 5.56 Å². The van der Waals surface area contributed by atoms with Gasteiger partial charge < -0.3 is 9.73 Å². The van der Waals surface area contributed by atoms with Gasteiger partial charge in [-0.05, 0) is 30.5 Å². The number of hydrogen-bond acceptors (Lipinski definition) is 8. The zero-order valence-electron chi connectivity index (χ0n) is 19.8. The van der Waals surface area contributed by atoms with Gasteiger partial charge >= 0.3 is 0 Å². The number of aromatic nitrogens is 6. The number of aryl methyl sites for hydroxylation is 2. The minimum atomic E-state index is -0.434. The van der Waals surface area contributed by atoms with Gasteiger partial charge in [0.25, 0.3) is 0 Å². The van der Waals surface area contributed by atoms with E-state index >= 15 is 4.39 Å². The minimum absolute atomic E-state index is 0.147. The maximum Gasteiger partial charge on any atom is 0.231 e. The quantitative estimate of drug-likeness (QED) is 0.397. The largest absolute Gasteiger partial charge is 0.448 e. The zero-order valence-corrected chi connectivity index (χ0v) is 19.8. The second-order valence-electron chi connectivity index (χ2n) is 9.05. The van der Waals surface area contributed by atoms with Gasteiger partial charge in [0, 0.05) is 31.1 Å². The number of carbonyl (C=O) groups excluding carboxylic acids is 1. The summed E-state index contributed by atoms with van der Waals surface area (Å²) in [6, 6.07) is 5.18. The molecule has 1 N–H and O–H groups in total. The molecular formula is C24H26FN7O2. The Morgan fingerprint density at radius 3 is 2.65 bits per heavy atom. The first kappa shape index (κ1) is 23.2. The standard InChI is InChI=1S/C24H26FN7O2/c1-14-15(7-9-18(33)17-12-34-22(28-17)24(2,3)4)6-8-16(20(14)25)21-26-13-27-23(30-21)29-19-10-11-32(5)31-19/h6,8,10-13H,7,9H2,1-5H3,(H,26,27,29,30,31). The number of Topliss-reactive ketones (excluding diaryl/α,β-unsaturated/α-hetero) is 1. The molecule has 0 bridgehead atoms. The first-order valence-corrected chi connectivity index (χ1v) is 10.8. The SMILES string of the molecule is Cc1c(CCC(=O)c2coc(C(C)(C)C)n2)ccc(-c2ncnc(Nc3ccn(C)n3)n2)c1F. The van der Waals surface area contributed by atoms with Crippen LogP contribution in [0.3, 0.4) is 0 Å². The van der Waals surface area contributed by atoms with Gasteiger partial charge in [0.15, 0.2) is 23.3 Å². The van der Waals surface area contributed by atoms with Crippen LogP contribution in [0.2, 0.25) is 0 Å². The summed E-state index contributed by atoms with van der Waals surface area (Å²) in [6.07, 6.45) is 5.06. The van der Waals surface area contributed by atoms with Crippen molar-refractivity contribution in [3.63, 3.8) is 0 Å². The summed E-state index contributed by atoms with van der Waals surface area (Å²) in [5.74, 6) is 0.962. The second-order valence-corrected chi connectivity index (χ2v) is 9.05. The van der Waals surface area contributed by atoms with Crippen molar-refractivity contribution in [2.24, 2.45) is 7.05 Å². The minimum Gasteiger partial charge on any atom is -0.448 e. The first-order chi connectivity index (χ1) is 16.1. The highest BCUT2D eigenvalue weighted by atomic mass is 19.1. The molecule has 176 valence electrons. The van der Waals surface area contributed by atoms with Crippen LogP contribution in [0.5, 0.6) is 0 Å². The molecule has 10 heteroatoms. The molecule has 0 saturated heterocycles. The third kappa shape index (κ3) is 5.00. The molecule has 34 heavy (non-hydrogen) atoms. The number of hydrogen-bond donors (Lipinski definition) is 1. The fourth-order valence-electron chi connectivity index (χ4n) is 3.37. The number of anilines is 2. The molecule has 0 fully saturated rings. The second kappa shape index (κ2) is 9.12. The van der Waals surface area contributed by atoms with E-state index in [9.17, 15) is 4.79 Å². The van der Waals surface area contributed by atoms with E-state index in [-0.39, 0.29) is 40.6 Å². The summed E-state index contributed by atoms with van der Waals surface area (Å²) >= 11 is 0. The monoisotopic (exact) mass is 463 g/mol. The third-order valence-corrected chi connectivity index (χ3v) is 5.32. The van der Waals surface area contributed by atoms with Gasteiger partial charge in [-0.15, -0.1) is 0 Å². The van der Waals surface area contributed by atoms with Gasteiger partial charge in [0.1, 0.15) is 24.1 Å². The lowest BCUT2D eigenvalue weighted by Crippen LogP contribution is -2.12. The topological polar surface area (TPSA) is 112 Å². The normalized spacial score (nSPS) is 11.6. The predicted octanol–water partition coefficient (Wildman–Crippen LogP) is 4.56. The molecule has 3 aromatic heterocycles. The Labute approximate surface area is 196 Å². The predicted molar refractivity (Wildman–Crippen MR) is 124 cm³/mol. The van der Waals surface area contributed by atoms with E-state index in [1.165, 1.54) is 12.6 Å². The lowest BCUT2D eigenvalue weighted by atomic mass is 9.97. The van der Waals surface area contributed by atoms with Crippen LogP contribution in [-0.4, -0.2) is 35.5 Å². The number of nitrogens with zero attached hydrogens (tertiary/aromatic N) is 6. The van der Waals surface area contributed by atoms with Gasteiger partial charge in [-0.3, -0.25) is 9.48 Å². The van der Waals surface area contributed by atoms with Crippen LogP contribution in [0, 0.1) is 12.7 Å². The number of oxazole rings is 1. The summed E-state index contributed by atoms with van der Waals surface area (Å²) in [6.45, 7) is 7.57. The number of rotatable bonds is 7. The number of carbonyl (C=O) groups is 1. The molecule has 0 spiro atoms. The van der Waals surface area contributed by atoms with E-state index < -0.39 is 5.82 Å². The first-order valence-electron chi connectivity index (χ1n) is 10.8. The highest BCUT2D eigenvalue weighted by molar-refractivity contribution is 5.94. The molecule has 0 amide bonds. The molecular weight excluding hydrogens is 437 g/mol. The van der Waals surface area contributed by atoms with Crippen molar-refractivity contribution in [3.05, 3.63) is 65.5 Å². The summed E-state index contributed by atoms with van der Waals surface area (Å²) in [7, 11) is 1.80. The summed E-state index contributed by atoms with van der Waals surface area (Å²) in [5, 5.41) is 7.19. The molecule has 0 radical (unpaired) electrons. The lowest BCUT2D eigenvalue weighted by Gasteiger charge is -2.11. The number of ketones is 1. The van der Waals surface area contributed by atoms with Crippen molar-refractivity contribution in [3.8, 4) is 11.4 Å². The van der Waals surface area contributed by atoms with Crippen LogP contribution in [0.4, 0.5) is 16.2 Å². The average molecular weight is 464 g/mol. The Hall–Kier alpha value is -3.95. The number of benzene rings is 1. The lowest BCUT2D eigenvalue weighted by molar-refractivity contribution is 0.0978. The highest BCUT2D eigenvalue weighted by Crippen LogP contribution is 2.26. The Morgan fingerprint density at radius 2 is 1.97 bits per heavy atom. The Bertz CT molecular complexity index is 1340. The highest BCUT2D eigenvalue weighted by Gasteiger charge is 2.22. The van der Waals surface area contributed by atoms with Crippen LogP contribution < -0.4 is 5.32 Å². The fourth-order valence-corrected chi connectivity index (χ4v) is 3.37. The molecule has 0 unspecified atom stereocenters. The molecule has 4 rings (SSSR count). The van der Waals surface area contributed by atoms with Gasteiger partial charge in [-0.2, -0.15) is 10.1 Å². The van der Waals surface area contributed by atoms with E-state index in [4.69, 9.17) is 4.42 Å². The Kier molecular flexibility index (Phi) is 6.23. The summed E-state index contributed by atoms with van der Waals surface area (Å²) in [4.78, 5) is 29.4. The fraction of sp³-hybridized carbons (Fsp3) is 0.333. The Morgan fingerprint density at radius 1 is 1.18 bits per heavy atom. The maximum absolute atomic E-state index is 15.2. The van der Waals surface area contributed by atoms with E-state index in [0.29, 0.717) is 23.7 Å². The smallest absolute Gasteiger partial charge is 0.231 e. The number of nitrogens with one attached hydrogen (secondary N) is 1. The van der Waals surface area contributed by atoms with Crippen LogP contribution in [0.25, 0.3) is 11.4 Å². The molecule has 0 atom stereocenters. The van der Waals surface area contributed by atoms with Crippen molar-refractivity contribution in [1.82, 2.24) is 29.7 Å². The molecule has 0 aliphatic carbocycles. The van der Waals surface area contributed by atoms with Crippen LogP contribution in [0.15, 0.2) is 41.4 Å². The zero-order chi connectivity index (χ0) is 24.5. The molecule has 4 aromatic rings. The van der Waals surface area contributed by atoms with Crippen molar-refractivity contribution >= 4 is 17.5 Å².